The van der Waals surface area contributed by atoms with E-state index in [2.05, 4.69) is 16.1 Å². The summed E-state index contributed by atoms with van der Waals surface area (Å²) in [6, 6.07) is 11.4. The first kappa shape index (κ1) is 14.0. The summed E-state index contributed by atoms with van der Waals surface area (Å²) < 4.78 is 0. The lowest BCUT2D eigenvalue weighted by atomic mass is 9.86. The van der Waals surface area contributed by atoms with E-state index in [-0.39, 0.29) is 18.0 Å². The summed E-state index contributed by atoms with van der Waals surface area (Å²) in [7, 11) is 3.71. The van der Waals surface area contributed by atoms with Crippen molar-refractivity contribution in [3.05, 3.63) is 46.3 Å². The van der Waals surface area contributed by atoms with Gasteiger partial charge in [0.05, 0.1) is 6.07 Å². The maximum absolute atomic E-state index is 9.32. The van der Waals surface area contributed by atoms with Crippen LogP contribution in [-0.2, 0) is 0 Å². The van der Waals surface area contributed by atoms with Crippen LogP contribution in [0.4, 0.5) is 0 Å². The van der Waals surface area contributed by atoms with Crippen LogP contribution in [-0.4, -0.2) is 31.1 Å². The smallest absolute Gasteiger partial charge is 0.105 e. The largest absolute Gasteiger partial charge is 0.294 e. The first-order valence-electron chi connectivity index (χ1n) is 5.77. The van der Waals surface area contributed by atoms with Crippen molar-refractivity contribution in [1.82, 2.24) is 4.90 Å². The summed E-state index contributed by atoms with van der Waals surface area (Å²) in [6.45, 7) is 1.84. The molecular formula is C13H17N5. The van der Waals surface area contributed by atoms with Crippen molar-refractivity contribution < 1.29 is 0 Å². The van der Waals surface area contributed by atoms with Crippen LogP contribution in [0, 0.1) is 11.3 Å². The lowest BCUT2D eigenvalue weighted by Gasteiger charge is -2.30. The van der Waals surface area contributed by atoms with E-state index >= 15 is 0 Å². The summed E-state index contributed by atoms with van der Waals surface area (Å²) >= 11 is 0. The number of rotatable bonds is 5. The maximum Gasteiger partial charge on any atom is 0.105 e. The first-order chi connectivity index (χ1) is 8.61. The van der Waals surface area contributed by atoms with Crippen LogP contribution in [0.3, 0.4) is 0 Å². The number of likely N-dealkylation sites (N-methyl/N-ethyl adjacent to an activating group) is 1. The molecule has 0 radical (unpaired) electrons. The molecule has 1 aromatic rings. The fourth-order valence-corrected chi connectivity index (χ4v) is 2.07. The average Bonchev–Trinajstić information content (AvgIpc) is 2.36. The Morgan fingerprint density at radius 1 is 1.33 bits per heavy atom. The topological polar surface area (TPSA) is 75.8 Å². The Kier molecular flexibility index (Phi) is 5.19. The van der Waals surface area contributed by atoms with Crippen LogP contribution in [0.15, 0.2) is 35.4 Å². The second kappa shape index (κ2) is 6.65. The molecule has 0 aliphatic rings. The van der Waals surface area contributed by atoms with Crippen LogP contribution in [0.5, 0.6) is 0 Å². The van der Waals surface area contributed by atoms with Crippen molar-refractivity contribution in [1.29, 1.82) is 5.26 Å². The van der Waals surface area contributed by atoms with Gasteiger partial charge in [-0.25, -0.2) is 0 Å². The third-order valence-corrected chi connectivity index (χ3v) is 2.97. The van der Waals surface area contributed by atoms with Crippen molar-refractivity contribution in [3.8, 4) is 6.07 Å². The van der Waals surface area contributed by atoms with Gasteiger partial charge in [0.25, 0.3) is 0 Å². The van der Waals surface area contributed by atoms with Gasteiger partial charge < -0.3 is 0 Å². The molecule has 0 aliphatic heterocycles. The molecule has 0 saturated heterocycles. The number of nitrogens with zero attached hydrogens (tertiary/aromatic N) is 5. The Bertz CT molecular complexity index is 456. The van der Waals surface area contributed by atoms with Crippen LogP contribution in [0.2, 0.25) is 0 Å². The van der Waals surface area contributed by atoms with E-state index in [0.29, 0.717) is 0 Å². The van der Waals surface area contributed by atoms with Crippen molar-refractivity contribution >= 4 is 0 Å². The molecule has 18 heavy (non-hydrogen) atoms. The van der Waals surface area contributed by atoms with Crippen molar-refractivity contribution in [2.75, 3.05) is 14.1 Å². The molecule has 94 valence electrons. The SMILES string of the molecule is C[C@@H](N=[N+]=[N-])[C@H](c1ccccc1)[C@@H](C#N)N(C)C. The minimum Gasteiger partial charge on any atom is -0.294 e. The molecule has 1 rings (SSSR count). The van der Waals surface area contributed by atoms with Gasteiger partial charge in [0, 0.05) is 16.9 Å². The highest BCUT2D eigenvalue weighted by Gasteiger charge is 2.29. The molecule has 0 heterocycles. The lowest BCUT2D eigenvalue weighted by molar-refractivity contribution is 0.289. The van der Waals surface area contributed by atoms with E-state index in [1.165, 1.54) is 0 Å². The zero-order valence-corrected chi connectivity index (χ0v) is 10.9. The third kappa shape index (κ3) is 3.24. The Morgan fingerprint density at radius 2 is 1.94 bits per heavy atom. The number of hydrogen-bond acceptors (Lipinski definition) is 3. The third-order valence-electron chi connectivity index (χ3n) is 2.97. The summed E-state index contributed by atoms with van der Waals surface area (Å²) in [5.41, 5.74) is 9.60. The summed E-state index contributed by atoms with van der Waals surface area (Å²) in [5, 5.41) is 13.1. The number of benzene rings is 1. The lowest BCUT2D eigenvalue weighted by Crippen LogP contribution is -2.37. The predicted molar refractivity (Wildman–Crippen MR) is 70.9 cm³/mol. The van der Waals surface area contributed by atoms with Crippen molar-refractivity contribution in [2.24, 2.45) is 5.11 Å². The van der Waals surface area contributed by atoms with Gasteiger partial charge >= 0.3 is 0 Å². The fourth-order valence-electron chi connectivity index (χ4n) is 2.07. The molecule has 0 saturated carbocycles. The highest BCUT2D eigenvalue weighted by atomic mass is 15.2. The van der Waals surface area contributed by atoms with Gasteiger partial charge in [-0.2, -0.15) is 5.26 Å². The van der Waals surface area contributed by atoms with E-state index < -0.39 is 0 Å². The highest BCUT2D eigenvalue weighted by molar-refractivity contribution is 5.26. The Labute approximate surface area is 107 Å². The van der Waals surface area contributed by atoms with E-state index in [9.17, 15) is 5.26 Å². The quantitative estimate of drug-likeness (QED) is 0.453. The minimum absolute atomic E-state index is 0.137. The number of azide groups is 1. The molecule has 1 aromatic carbocycles. The van der Waals surface area contributed by atoms with Crippen molar-refractivity contribution in [2.45, 2.75) is 24.9 Å². The number of hydrogen-bond donors (Lipinski definition) is 0. The molecule has 0 unspecified atom stereocenters. The van der Waals surface area contributed by atoms with Crippen molar-refractivity contribution in [3.63, 3.8) is 0 Å². The molecular weight excluding hydrogens is 226 g/mol. The van der Waals surface area contributed by atoms with Crippen LogP contribution in [0.1, 0.15) is 18.4 Å². The molecule has 0 N–H and O–H groups in total. The summed E-state index contributed by atoms with van der Waals surface area (Å²) in [5.74, 6) is -0.137. The van der Waals surface area contributed by atoms with Gasteiger partial charge in [-0.1, -0.05) is 42.4 Å². The fraction of sp³-hybridized carbons (Fsp3) is 0.462. The first-order valence-corrected chi connectivity index (χ1v) is 5.77. The van der Waals surface area contributed by atoms with E-state index in [1.54, 1.807) is 0 Å². The Morgan fingerprint density at radius 3 is 2.39 bits per heavy atom. The second-order valence-electron chi connectivity index (χ2n) is 4.42. The van der Waals surface area contributed by atoms with Gasteiger partial charge in [0.1, 0.15) is 6.04 Å². The van der Waals surface area contributed by atoms with Gasteiger partial charge in [-0.15, -0.1) is 0 Å². The molecule has 0 aromatic heterocycles. The molecule has 0 spiro atoms. The van der Waals surface area contributed by atoms with Gasteiger partial charge in [-0.05, 0) is 25.2 Å². The van der Waals surface area contributed by atoms with Gasteiger partial charge in [-0.3, -0.25) is 4.90 Å². The minimum atomic E-state index is -0.326. The highest BCUT2D eigenvalue weighted by Crippen LogP contribution is 2.27. The average molecular weight is 243 g/mol. The molecule has 5 heteroatoms. The second-order valence-corrected chi connectivity index (χ2v) is 4.42. The normalized spacial score (nSPS) is 15.3. The molecule has 0 bridgehead atoms. The van der Waals surface area contributed by atoms with E-state index in [4.69, 9.17) is 5.53 Å². The Hall–Kier alpha value is -2.02. The molecule has 0 fully saturated rings. The monoisotopic (exact) mass is 243 g/mol. The number of nitriles is 1. The maximum atomic E-state index is 9.32. The van der Waals surface area contributed by atoms with Gasteiger partial charge in [0.2, 0.25) is 0 Å². The van der Waals surface area contributed by atoms with E-state index in [0.717, 1.165) is 5.56 Å². The molecule has 3 atom stereocenters. The zero-order valence-electron chi connectivity index (χ0n) is 10.9. The summed E-state index contributed by atoms with van der Waals surface area (Å²) in [6.07, 6.45) is 0. The predicted octanol–water partition coefficient (Wildman–Crippen LogP) is 2.92. The summed E-state index contributed by atoms with van der Waals surface area (Å²) in [4.78, 5) is 4.70. The van der Waals surface area contributed by atoms with Gasteiger partial charge in [0.15, 0.2) is 0 Å². The van der Waals surface area contributed by atoms with Crippen LogP contribution < -0.4 is 0 Å². The molecule has 0 amide bonds. The standard InChI is InChI=1S/C13H17N5/c1-10(16-17-15)13(12(9-14)18(2)3)11-7-5-4-6-8-11/h4-8,10,12-13H,1-3H3/t10-,12-,13-/m1/s1. The van der Waals surface area contributed by atoms with E-state index in [1.807, 2.05) is 56.3 Å². The Balaban J connectivity index is 3.18. The zero-order chi connectivity index (χ0) is 13.5. The molecule has 0 aliphatic carbocycles. The van der Waals surface area contributed by atoms with Crippen LogP contribution in [0.25, 0.3) is 10.4 Å². The molecule has 5 nitrogen and oxygen atoms in total. The van der Waals surface area contributed by atoms with Crippen LogP contribution >= 0.6 is 0 Å².